The Balaban J connectivity index is 1.98. The number of rotatable bonds is 4. The second-order valence-electron chi connectivity index (χ2n) is 3.37. The third-order valence-electron chi connectivity index (χ3n) is 2.20. The van der Waals surface area contributed by atoms with Crippen molar-refractivity contribution < 1.29 is 9.18 Å². The second kappa shape index (κ2) is 5.54. The largest absolute Gasteiger partial charge is 0.289 e. The molecule has 0 spiro atoms. The monoisotopic (exact) mass is 266 g/mol. The number of aromatic nitrogens is 2. The third-order valence-corrected chi connectivity index (χ3v) is 3.01. The maximum absolute atomic E-state index is 12.7. The zero-order valence-corrected chi connectivity index (χ0v) is 10.4. The quantitative estimate of drug-likeness (QED) is 0.678. The van der Waals surface area contributed by atoms with Crippen LogP contribution in [0.2, 0.25) is 0 Å². The highest BCUT2D eigenvalue weighted by Crippen LogP contribution is 2.11. The molecule has 1 N–H and O–H groups in total. The number of amides is 1. The van der Waals surface area contributed by atoms with Crippen LogP contribution in [0.1, 0.15) is 22.3 Å². The van der Waals surface area contributed by atoms with Crippen molar-refractivity contribution in [3.05, 3.63) is 40.1 Å². The van der Waals surface area contributed by atoms with E-state index in [1.165, 1.54) is 12.3 Å². The summed E-state index contributed by atoms with van der Waals surface area (Å²) in [7, 11) is 0. The highest BCUT2D eigenvalue weighted by Gasteiger charge is 2.09. The van der Waals surface area contributed by atoms with Crippen LogP contribution >= 0.6 is 11.3 Å². The van der Waals surface area contributed by atoms with Crippen LogP contribution < -0.4 is 5.43 Å². The normalized spacial score (nSPS) is 11.0. The fourth-order valence-electron chi connectivity index (χ4n) is 1.39. The van der Waals surface area contributed by atoms with Gasteiger partial charge in [-0.05, 0) is 25.1 Å². The molecular weight excluding hydrogens is 255 g/mol. The maximum Gasteiger partial charge on any atom is 0.289 e. The lowest BCUT2D eigenvalue weighted by Crippen LogP contribution is -2.21. The lowest BCUT2D eigenvalue weighted by molar-refractivity contribution is 0.0944. The number of thiophene rings is 1. The van der Waals surface area contributed by atoms with Crippen molar-refractivity contribution in [3.63, 3.8) is 0 Å². The minimum Gasteiger partial charge on any atom is -0.266 e. The van der Waals surface area contributed by atoms with E-state index >= 15 is 0 Å². The Bertz CT molecular complexity index is 575. The molecular formula is C11H11FN4OS. The first-order valence-corrected chi connectivity index (χ1v) is 6.13. The highest BCUT2D eigenvalue weighted by atomic mass is 32.1. The van der Waals surface area contributed by atoms with Crippen LogP contribution in [0.25, 0.3) is 0 Å². The van der Waals surface area contributed by atoms with Crippen molar-refractivity contribution in [1.29, 1.82) is 0 Å². The molecule has 0 saturated heterocycles. The van der Waals surface area contributed by atoms with Crippen molar-refractivity contribution >= 4 is 23.5 Å². The predicted molar refractivity (Wildman–Crippen MR) is 67.2 cm³/mol. The fraction of sp³-hybridized carbons (Fsp3) is 0.182. The van der Waals surface area contributed by atoms with Crippen molar-refractivity contribution in [2.24, 2.45) is 5.10 Å². The van der Waals surface area contributed by atoms with E-state index in [1.807, 2.05) is 6.92 Å². The molecule has 0 unspecified atom stereocenters. The first-order chi connectivity index (χ1) is 8.70. The number of aryl methyl sites for hydroxylation is 1. The summed E-state index contributed by atoms with van der Waals surface area (Å²) < 4.78 is 14.3. The van der Waals surface area contributed by atoms with Crippen molar-refractivity contribution in [3.8, 4) is 0 Å². The van der Waals surface area contributed by atoms with Gasteiger partial charge in [0.1, 0.15) is 5.69 Å². The smallest absolute Gasteiger partial charge is 0.266 e. The zero-order valence-electron chi connectivity index (χ0n) is 9.63. The standard InChI is InChI=1S/C11H11FN4OS/c1-2-16-9(5-6-14-16)11(17)15-13-7-8-3-4-10(12)18-8/h3-7H,2H2,1H3,(H,15,17). The van der Waals surface area contributed by atoms with Gasteiger partial charge in [-0.1, -0.05) is 0 Å². The predicted octanol–water partition coefficient (Wildman–Crippen LogP) is 1.87. The van der Waals surface area contributed by atoms with Gasteiger partial charge in [-0.25, -0.2) is 5.43 Å². The van der Waals surface area contributed by atoms with Crippen LogP contribution in [0.5, 0.6) is 0 Å². The van der Waals surface area contributed by atoms with Gasteiger partial charge in [-0.15, -0.1) is 11.3 Å². The number of carbonyl (C=O) groups excluding carboxylic acids is 1. The first-order valence-electron chi connectivity index (χ1n) is 5.31. The molecule has 0 saturated carbocycles. The van der Waals surface area contributed by atoms with E-state index in [9.17, 15) is 9.18 Å². The summed E-state index contributed by atoms with van der Waals surface area (Å²) in [5.74, 6) is -0.345. The van der Waals surface area contributed by atoms with Crippen molar-refractivity contribution in [2.45, 2.75) is 13.5 Å². The van der Waals surface area contributed by atoms with E-state index in [0.717, 1.165) is 11.3 Å². The van der Waals surface area contributed by atoms with E-state index in [-0.39, 0.29) is 11.0 Å². The Morgan fingerprint density at radius 3 is 3.11 bits per heavy atom. The number of hydrogen-bond donors (Lipinski definition) is 1. The molecule has 0 fully saturated rings. The van der Waals surface area contributed by atoms with E-state index in [4.69, 9.17) is 0 Å². The molecule has 0 radical (unpaired) electrons. The number of hydrazone groups is 1. The second-order valence-corrected chi connectivity index (χ2v) is 4.44. The molecule has 2 aromatic rings. The number of nitrogens with zero attached hydrogens (tertiary/aromatic N) is 3. The zero-order chi connectivity index (χ0) is 13.0. The van der Waals surface area contributed by atoms with Crippen molar-refractivity contribution in [1.82, 2.24) is 15.2 Å². The Hall–Kier alpha value is -2.02. The van der Waals surface area contributed by atoms with E-state index in [2.05, 4.69) is 15.6 Å². The van der Waals surface area contributed by atoms with Gasteiger partial charge < -0.3 is 0 Å². The molecule has 94 valence electrons. The van der Waals surface area contributed by atoms with Gasteiger partial charge >= 0.3 is 0 Å². The fourth-order valence-corrected chi connectivity index (χ4v) is 1.99. The minimum atomic E-state index is -0.345. The third kappa shape index (κ3) is 2.80. The Labute approximate surface area is 107 Å². The van der Waals surface area contributed by atoms with Gasteiger partial charge in [0.05, 0.1) is 11.1 Å². The molecule has 0 atom stereocenters. The summed E-state index contributed by atoms with van der Waals surface area (Å²) in [6.07, 6.45) is 2.95. The topological polar surface area (TPSA) is 59.3 Å². The number of halogens is 1. The number of carbonyl (C=O) groups is 1. The molecule has 0 aliphatic carbocycles. The van der Waals surface area contributed by atoms with Gasteiger partial charge in [0.15, 0.2) is 5.13 Å². The Morgan fingerprint density at radius 1 is 1.61 bits per heavy atom. The van der Waals surface area contributed by atoms with Crippen LogP contribution in [0.3, 0.4) is 0 Å². The average Bonchev–Trinajstić information content (AvgIpc) is 2.97. The summed E-state index contributed by atoms with van der Waals surface area (Å²) in [4.78, 5) is 12.4. The van der Waals surface area contributed by atoms with Gasteiger partial charge in [0.2, 0.25) is 0 Å². The summed E-state index contributed by atoms with van der Waals surface area (Å²) in [5.41, 5.74) is 2.81. The molecule has 0 aliphatic heterocycles. The molecule has 0 aromatic carbocycles. The first kappa shape index (κ1) is 12.4. The molecule has 5 nitrogen and oxygen atoms in total. The lowest BCUT2D eigenvalue weighted by atomic mass is 10.4. The number of nitrogens with one attached hydrogen (secondary N) is 1. The molecule has 0 aliphatic rings. The SMILES string of the molecule is CCn1nccc1C(=O)NN=Cc1ccc(F)s1. The van der Waals surface area contributed by atoms with Crippen LogP contribution in [0.15, 0.2) is 29.5 Å². The molecule has 7 heteroatoms. The van der Waals surface area contributed by atoms with Crippen LogP contribution in [0, 0.1) is 5.13 Å². The Kier molecular flexibility index (Phi) is 3.83. The molecule has 1 amide bonds. The van der Waals surface area contributed by atoms with Gasteiger partial charge in [-0.2, -0.15) is 14.6 Å². The minimum absolute atomic E-state index is 0.285. The van der Waals surface area contributed by atoms with E-state index in [1.54, 1.807) is 23.0 Å². The van der Waals surface area contributed by atoms with E-state index in [0.29, 0.717) is 17.1 Å². The number of hydrogen-bond acceptors (Lipinski definition) is 4. The molecule has 2 heterocycles. The molecule has 2 aromatic heterocycles. The van der Waals surface area contributed by atoms with E-state index < -0.39 is 0 Å². The Morgan fingerprint density at radius 2 is 2.44 bits per heavy atom. The van der Waals surface area contributed by atoms with Crippen LogP contribution in [-0.2, 0) is 6.54 Å². The summed E-state index contributed by atoms with van der Waals surface area (Å²) in [5, 5.41) is 7.46. The average molecular weight is 266 g/mol. The van der Waals surface area contributed by atoms with Crippen molar-refractivity contribution in [2.75, 3.05) is 0 Å². The van der Waals surface area contributed by atoms with Crippen LogP contribution in [0.4, 0.5) is 4.39 Å². The van der Waals surface area contributed by atoms with Gasteiger partial charge in [-0.3, -0.25) is 9.48 Å². The van der Waals surface area contributed by atoms with Crippen LogP contribution in [-0.4, -0.2) is 21.9 Å². The molecule has 18 heavy (non-hydrogen) atoms. The summed E-state index contributed by atoms with van der Waals surface area (Å²) in [6, 6.07) is 4.55. The van der Waals surface area contributed by atoms with Gasteiger partial charge in [0, 0.05) is 12.7 Å². The molecule has 2 rings (SSSR count). The molecule has 0 bridgehead atoms. The maximum atomic E-state index is 12.7. The highest BCUT2D eigenvalue weighted by molar-refractivity contribution is 7.12. The van der Waals surface area contributed by atoms with Gasteiger partial charge in [0.25, 0.3) is 5.91 Å². The summed E-state index contributed by atoms with van der Waals surface area (Å²) in [6.45, 7) is 2.50. The summed E-state index contributed by atoms with van der Waals surface area (Å²) >= 11 is 0.960. The lowest BCUT2D eigenvalue weighted by Gasteiger charge is -2.01.